The summed E-state index contributed by atoms with van der Waals surface area (Å²) in [6, 6.07) is 4.19. The lowest BCUT2D eigenvalue weighted by Crippen LogP contribution is -2.21. The van der Waals surface area contributed by atoms with Crippen molar-refractivity contribution in [3.63, 3.8) is 0 Å². The SMILES string of the molecule is CC1CCC(C(=O)CCc2cccs2)CC1. The molecule has 1 heterocycles. The summed E-state index contributed by atoms with van der Waals surface area (Å²) in [7, 11) is 0. The molecule has 0 atom stereocenters. The molecule has 0 saturated heterocycles. The molecule has 2 rings (SSSR count). The van der Waals surface area contributed by atoms with Gasteiger partial charge in [0.15, 0.2) is 0 Å². The Morgan fingerprint density at radius 2 is 2.12 bits per heavy atom. The van der Waals surface area contributed by atoms with Gasteiger partial charge in [-0.1, -0.05) is 25.8 Å². The van der Waals surface area contributed by atoms with Crippen LogP contribution in [0, 0.1) is 11.8 Å². The molecule has 1 aromatic heterocycles. The average molecular weight is 236 g/mol. The average Bonchev–Trinajstić information content (AvgIpc) is 2.80. The van der Waals surface area contributed by atoms with Crippen LogP contribution in [0.15, 0.2) is 17.5 Å². The summed E-state index contributed by atoms with van der Waals surface area (Å²) in [5, 5.41) is 2.09. The number of aryl methyl sites for hydroxylation is 1. The van der Waals surface area contributed by atoms with Gasteiger partial charge in [0.2, 0.25) is 0 Å². The van der Waals surface area contributed by atoms with Crippen LogP contribution in [0.4, 0.5) is 0 Å². The molecule has 2 heteroatoms. The third kappa shape index (κ3) is 3.18. The highest BCUT2D eigenvalue weighted by Crippen LogP contribution is 2.29. The minimum absolute atomic E-state index is 0.371. The predicted octanol–water partition coefficient (Wildman–Crippen LogP) is 4.08. The first kappa shape index (κ1) is 11.8. The molecule has 0 aromatic carbocycles. The van der Waals surface area contributed by atoms with Crippen molar-refractivity contribution in [1.82, 2.24) is 0 Å². The van der Waals surface area contributed by atoms with Crippen molar-refractivity contribution in [3.05, 3.63) is 22.4 Å². The molecule has 16 heavy (non-hydrogen) atoms. The normalized spacial score (nSPS) is 25.6. The van der Waals surface area contributed by atoms with Crippen molar-refractivity contribution in [2.45, 2.75) is 45.4 Å². The number of ketones is 1. The van der Waals surface area contributed by atoms with Crippen LogP contribution in [0.5, 0.6) is 0 Å². The summed E-state index contributed by atoms with van der Waals surface area (Å²) >= 11 is 1.76. The molecule has 0 bridgehead atoms. The van der Waals surface area contributed by atoms with Crippen LogP contribution < -0.4 is 0 Å². The van der Waals surface area contributed by atoms with E-state index in [-0.39, 0.29) is 0 Å². The first-order valence-corrected chi connectivity index (χ1v) is 7.19. The molecule has 1 aromatic rings. The van der Waals surface area contributed by atoms with Gasteiger partial charge >= 0.3 is 0 Å². The van der Waals surface area contributed by atoms with Gasteiger partial charge in [-0.3, -0.25) is 4.79 Å². The molecule has 0 N–H and O–H groups in total. The van der Waals surface area contributed by atoms with Gasteiger partial charge in [-0.25, -0.2) is 0 Å². The summed E-state index contributed by atoms with van der Waals surface area (Å²) in [6.45, 7) is 2.30. The first-order valence-electron chi connectivity index (χ1n) is 6.31. The van der Waals surface area contributed by atoms with E-state index >= 15 is 0 Å². The van der Waals surface area contributed by atoms with Crippen LogP contribution in [-0.4, -0.2) is 5.78 Å². The largest absolute Gasteiger partial charge is 0.299 e. The molecular weight excluding hydrogens is 216 g/mol. The zero-order valence-electron chi connectivity index (χ0n) is 9.95. The van der Waals surface area contributed by atoms with Crippen molar-refractivity contribution in [2.24, 2.45) is 11.8 Å². The van der Waals surface area contributed by atoms with Gasteiger partial charge in [0.05, 0.1) is 0 Å². The Bertz CT molecular complexity index is 321. The Hall–Kier alpha value is -0.630. The molecule has 1 aliphatic carbocycles. The molecule has 0 spiro atoms. The van der Waals surface area contributed by atoms with Crippen LogP contribution in [0.3, 0.4) is 0 Å². The lowest BCUT2D eigenvalue weighted by Gasteiger charge is -2.24. The number of carbonyl (C=O) groups excluding carboxylic acids is 1. The third-order valence-corrected chi connectivity index (χ3v) is 4.61. The highest BCUT2D eigenvalue weighted by molar-refractivity contribution is 7.09. The molecule has 1 saturated carbocycles. The van der Waals surface area contributed by atoms with E-state index in [0.29, 0.717) is 11.7 Å². The number of carbonyl (C=O) groups is 1. The van der Waals surface area contributed by atoms with Gasteiger partial charge in [-0.05, 0) is 36.6 Å². The number of Topliss-reactive ketones (excluding diaryl/α,β-unsaturated/α-hetero) is 1. The van der Waals surface area contributed by atoms with Gasteiger partial charge in [-0.15, -0.1) is 11.3 Å². The Balaban J connectivity index is 1.75. The van der Waals surface area contributed by atoms with Crippen molar-refractivity contribution in [3.8, 4) is 0 Å². The molecule has 1 fully saturated rings. The summed E-state index contributed by atoms with van der Waals surface area (Å²) in [6.07, 6.45) is 6.45. The Kier molecular flexibility index (Phi) is 4.16. The molecule has 0 amide bonds. The second kappa shape index (κ2) is 5.62. The van der Waals surface area contributed by atoms with Crippen molar-refractivity contribution in [1.29, 1.82) is 0 Å². The fraction of sp³-hybridized carbons (Fsp3) is 0.643. The van der Waals surface area contributed by atoms with E-state index in [4.69, 9.17) is 0 Å². The lowest BCUT2D eigenvalue weighted by molar-refractivity contribution is -0.123. The maximum Gasteiger partial charge on any atom is 0.136 e. The predicted molar refractivity (Wildman–Crippen MR) is 68.8 cm³/mol. The molecule has 0 aliphatic heterocycles. The van der Waals surface area contributed by atoms with Gasteiger partial charge < -0.3 is 0 Å². The van der Waals surface area contributed by atoms with Gasteiger partial charge in [0.25, 0.3) is 0 Å². The van der Waals surface area contributed by atoms with E-state index in [9.17, 15) is 4.79 Å². The highest BCUT2D eigenvalue weighted by atomic mass is 32.1. The number of hydrogen-bond acceptors (Lipinski definition) is 2. The Morgan fingerprint density at radius 1 is 1.38 bits per heavy atom. The minimum Gasteiger partial charge on any atom is -0.299 e. The molecule has 0 radical (unpaired) electrons. The fourth-order valence-electron chi connectivity index (χ4n) is 2.49. The Labute approximate surface area is 102 Å². The number of hydrogen-bond donors (Lipinski definition) is 0. The van der Waals surface area contributed by atoms with E-state index in [1.54, 1.807) is 11.3 Å². The van der Waals surface area contributed by atoms with E-state index in [0.717, 1.165) is 31.6 Å². The molecular formula is C14H20OS. The van der Waals surface area contributed by atoms with Gasteiger partial charge in [0, 0.05) is 17.2 Å². The molecule has 1 aliphatic rings. The summed E-state index contributed by atoms with van der Waals surface area (Å²) in [4.78, 5) is 13.3. The minimum atomic E-state index is 0.371. The fourth-order valence-corrected chi connectivity index (χ4v) is 3.20. The second-order valence-corrected chi connectivity index (χ2v) is 6.03. The summed E-state index contributed by atoms with van der Waals surface area (Å²) in [5.41, 5.74) is 0. The van der Waals surface area contributed by atoms with Crippen LogP contribution in [0.25, 0.3) is 0 Å². The van der Waals surface area contributed by atoms with Gasteiger partial charge in [-0.2, -0.15) is 0 Å². The third-order valence-electron chi connectivity index (χ3n) is 3.67. The van der Waals surface area contributed by atoms with Crippen molar-refractivity contribution < 1.29 is 4.79 Å². The van der Waals surface area contributed by atoms with E-state index in [1.165, 1.54) is 17.7 Å². The zero-order chi connectivity index (χ0) is 11.4. The van der Waals surface area contributed by atoms with Crippen molar-refractivity contribution in [2.75, 3.05) is 0 Å². The molecule has 0 unspecified atom stereocenters. The van der Waals surface area contributed by atoms with Crippen LogP contribution in [0.2, 0.25) is 0 Å². The second-order valence-electron chi connectivity index (χ2n) is 5.00. The highest BCUT2D eigenvalue weighted by Gasteiger charge is 2.23. The zero-order valence-corrected chi connectivity index (χ0v) is 10.8. The van der Waals surface area contributed by atoms with E-state index in [2.05, 4.69) is 24.4 Å². The van der Waals surface area contributed by atoms with Crippen LogP contribution in [-0.2, 0) is 11.2 Å². The van der Waals surface area contributed by atoms with Crippen LogP contribution in [0.1, 0.15) is 43.9 Å². The number of thiophene rings is 1. The van der Waals surface area contributed by atoms with Crippen molar-refractivity contribution >= 4 is 17.1 Å². The molecule has 88 valence electrons. The standard InChI is InChI=1S/C14H20OS/c1-11-4-6-12(7-5-11)14(15)9-8-13-3-2-10-16-13/h2-3,10-12H,4-9H2,1H3. The topological polar surface area (TPSA) is 17.1 Å². The quantitative estimate of drug-likeness (QED) is 0.770. The van der Waals surface area contributed by atoms with E-state index < -0.39 is 0 Å². The smallest absolute Gasteiger partial charge is 0.136 e. The van der Waals surface area contributed by atoms with Gasteiger partial charge in [0.1, 0.15) is 5.78 Å². The lowest BCUT2D eigenvalue weighted by atomic mass is 9.80. The van der Waals surface area contributed by atoms with Crippen LogP contribution >= 0.6 is 11.3 Å². The molecule has 1 nitrogen and oxygen atoms in total. The monoisotopic (exact) mass is 236 g/mol. The maximum absolute atomic E-state index is 12.0. The van der Waals surface area contributed by atoms with E-state index in [1.807, 2.05) is 0 Å². The first-order chi connectivity index (χ1) is 7.75. The maximum atomic E-state index is 12.0. The Morgan fingerprint density at radius 3 is 2.75 bits per heavy atom. The summed E-state index contributed by atoms with van der Waals surface area (Å²) < 4.78 is 0. The number of rotatable bonds is 4. The summed E-state index contributed by atoms with van der Waals surface area (Å²) in [5.74, 6) is 1.71.